The first kappa shape index (κ1) is 16.4. The normalized spacial score (nSPS) is 16.7. The molecule has 1 aromatic carbocycles. The molecule has 1 aliphatic rings. The summed E-state index contributed by atoms with van der Waals surface area (Å²) < 4.78 is 21.0. The van der Waals surface area contributed by atoms with Crippen molar-refractivity contribution in [3.8, 4) is 17.2 Å². The molecule has 1 aromatic rings. The topological polar surface area (TPSA) is 92.0 Å². The number of carbonyl (C=O) groups excluding carboxylic acids is 1. The maximum atomic E-state index is 12.4. The second kappa shape index (κ2) is 6.85. The average Bonchev–Trinajstić information content (AvgIpc) is 2.54. The van der Waals surface area contributed by atoms with E-state index < -0.39 is 5.54 Å². The summed E-state index contributed by atoms with van der Waals surface area (Å²) >= 11 is 0. The van der Waals surface area contributed by atoms with Gasteiger partial charge < -0.3 is 30.0 Å². The predicted octanol–water partition coefficient (Wildman–Crippen LogP) is 1.16. The van der Waals surface area contributed by atoms with E-state index in [1.54, 1.807) is 12.1 Å². The van der Waals surface area contributed by atoms with Crippen LogP contribution < -0.4 is 25.3 Å². The van der Waals surface area contributed by atoms with Crippen molar-refractivity contribution in [1.82, 2.24) is 0 Å². The summed E-state index contributed by atoms with van der Waals surface area (Å²) in [5.41, 5.74) is 5.79. The van der Waals surface area contributed by atoms with Gasteiger partial charge in [-0.2, -0.15) is 0 Å². The molecule has 0 spiro atoms. The molecule has 1 amide bonds. The number of benzene rings is 1. The summed E-state index contributed by atoms with van der Waals surface area (Å²) in [5.74, 6) is 1.16. The zero-order valence-corrected chi connectivity index (χ0v) is 13.1. The molecule has 0 bridgehead atoms. The Hall–Kier alpha value is -1.99. The summed E-state index contributed by atoms with van der Waals surface area (Å²) in [7, 11) is 4.56. The number of ether oxygens (including phenoxy) is 4. The SMILES string of the molecule is COc1cc(NC(=O)C2(N)CCOCC2)cc(OC)c1OC. The Morgan fingerprint density at radius 2 is 1.68 bits per heavy atom. The van der Waals surface area contributed by atoms with E-state index in [-0.39, 0.29) is 5.91 Å². The summed E-state index contributed by atoms with van der Waals surface area (Å²) in [6, 6.07) is 3.34. The van der Waals surface area contributed by atoms with E-state index in [1.807, 2.05) is 0 Å². The van der Waals surface area contributed by atoms with Gasteiger partial charge in [-0.1, -0.05) is 0 Å². The van der Waals surface area contributed by atoms with Crippen LogP contribution in [-0.2, 0) is 9.53 Å². The van der Waals surface area contributed by atoms with Crippen LogP contribution in [0.3, 0.4) is 0 Å². The molecule has 0 atom stereocenters. The lowest BCUT2D eigenvalue weighted by Crippen LogP contribution is -2.54. The van der Waals surface area contributed by atoms with Crippen LogP contribution in [-0.4, -0.2) is 46.0 Å². The molecule has 7 nitrogen and oxygen atoms in total. The highest BCUT2D eigenvalue weighted by Gasteiger charge is 2.36. The summed E-state index contributed by atoms with van der Waals surface area (Å²) in [6.45, 7) is 0.971. The highest BCUT2D eigenvalue weighted by atomic mass is 16.5. The number of carbonyl (C=O) groups is 1. The van der Waals surface area contributed by atoms with Gasteiger partial charge in [0.2, 0.25) is 11.7 Å². The molecule has 0 aromatic heterocycles. The van der Waals surface area contributed by atoms with Gasteiger partial charge in [0, 0.05) is 31.0 Å². The van der Waals surface area contributed by atoms with Crippen LogP contribution >= 0.6 is 0 Å². The number of anilines is 1. The van der Waals surface area contributed by atoms with Crippen LogP contribution in [0.2, 0.25) is 0 Å². The second-order valence-corrected chi connectivity index (χ2v) is 5.14. The molecule has 1 heterocycles. The number of methoxy groups -OCH3 is 3. The van der Waals surface area contributed by atoms with E-state index >= 15 is 0 Å². The average molecular weight is 310 g/mol. The number of amides is 1. The third-order valence-corrected chi connectivity index (χ3v) is 3.76. The highest BCUT2D eigenvalue weighted by molar-refractivity contribution is 5.98. The fourth-order valence-electron chi connectivity index (χ4n) is 2.37. The van der Waals surface area contributed by atoms with Gasteiger partial charge in [-0.15, -0.1) is 0 Å². The number of hydrogen-bond donors (Lipinski definition) is 2. The smallest absolute Gasteiger partial charge is 0.244 e. The van der Waals surface area contributed by atoms with Gasteiger partial charge in [-0.05, 0) is 12.8 Å². The third kappa shape index (κ3) is 3.26. The van der Waals surface area contributed by atoms with Crippen LogP contribution in [0.4, 0.5) is 5.69 Å². The lowest BCUT2D eigenvalue weighted by atomic mass is 9.90. The van der Waals surface area contributed by atoms with Crippen molar-refractivity contribution < 1.29 is 23.7 Å². The molecule has 22 heavy (non-hydrogen) atoms. The van der Waals surface area contributed by atoms with Gasteiger partial charge in [-0.25, -0.2) is 0 Å². The van der Waals surface area contributed by atoms with Gasteiger partial charge in [0.25, 0.3) is 0 Å². The fourth-order valence-corrected chi connectivity index (χ4v) is 2.37. The molecular formula is C15H22N2O5. The molecule has 1 aliphatic heterocycles. The largest absolute Gasteiger partial charge is 0.493 e. The molecular weight excluding hydrogens is 288 g/mol. The third-order valence-electron chi connectivity index (χ3n) is 3.76. The lowest BCUT2D eigenvalue weighted by Gasteiger charge is -2.31. The van der Waals surface area contributed by atoms with Gasteiger partial charge in [0.1, 0.15) is 5.54 Å². The predicted molar refractivity (Wildman–Crippen MR) is 81.7 cm³/mol. The highest BCUT2D eigenvalue weighted by Crippen LogP contribution is 2.40. The van der Waals surface area contributed by atoms with Gasteiger partial charge in [0.15, 0.2) is 11.5 Å². The summed E-state index contributed by atoms with van der Waals surface area (Å²) in [6.07, 6.45) is 0.979. The summed E-state index contributed by atoms with van der Waals surface area (Å²) in [5, 5.41) is 2.82. The van der Waals surface area contributed by atoms with Crippen molar-refractivity contribution in [2.45, 2.75) is 18.4 Å². The van der Waals surface area contributed by atoms with E-state index in [1.165, 1.54) is 21.3 Å². The minimum Gasteiger partial charge on any atom is -0.493 e. The quantitative estimate of drug-likeness (QED) is 0.848. The molecule has 0 aliphatic carbocycles. The molecule has 1 fully saturated rings. The molecule has 0 radical (unpaired) electrons. The first-order valence-corrected chi connectivity index (χ1v) is 7.02. The zero-order valence-electron chi connectivity index (χ0n) is 13.1. The second-order valence-electron chi connectivity index (χ2n) is 5.14. The maximum Gasteiger partial charge on any atom is 0.244 e. The molecule has 122 valence electrons. The molecule has 3 N–H and O–H groups in total. The van der Waals surface area contributed by atoms with E-state index in [0.717, 1.165) is 0 Å². The zero-order chi connectivity index (χ0) is 16.2. The van der Waals surface area contributed by atoms with E-state index in [0.29, 0.717) is 49.0 Å². The molecule has 2 rings (SSSR count). The van der Waals surface area contributed by atoms with Gasteiger partial charge >= 0.3 is 0 Å². The lowest BCUT2D eigenvalue weighted by molar-refractivity contribution is -0.124. The Kier molecular flexibility index (Phi) is 5.10. The maximum absolute atomic E-state index is 12.4. The molecule has 0 saturated carbocycles. The van der Waals surface area contributed by atoms with E-state index in [2.05, 4.69) is 5.32 Å². The van der Waals surface area contributed by atoms with Crippen molar-refractivity contribution in [1.29, 1.82) is 0 Å². The Balaban J connectivity index is 2.23. The number of nitrogens with two attached hydrogens (primary N) is 1. The van der Waals surface area contributed by atoms with E-state index in [9.17, 15) is 4.79 Å². The van der Waals surface area contributed by atoms with Crippen molar-refractivity contribution in [2.75, 3.05) is 39.9 Å². The van der Waals surface area contributed by atoms with Crippen molar-refractivity contribution >= 4 is 11.6 Å². The minimum atomic E-state index is -0.918. The molecule has 7 heteroatoms. The van der Waals surface area contributed by atoms with Crippen molar-refractivity contribution in [3.05, 3.63) is 12.1 Å². The van der Waals surface area contributed by atoms with Crippen LogP contribution in [0.5, 0.6) is 17.2 Å². The van der Waals surface area contributed by atoms with Crippen molar-refractivity contribution in [2.24, 2.45) is 5.73 Å². The van der Waals surface area contributed by atoms with Crippen LogP contribution in [0.1, 0.15) is 12.8 Å². The van der Waals surface area contributed by atoms with Crippen LogP contribution in [0.25, 0.3) is 0 Å². The Labute approximate surface area is 129 Å². The first-order valence-electron chi connectivity index (χ1n) is 7.02. The Morgan fingerprint density at radius 1 is 1.14 bits per heavy atom. The molecule has 1 saturated heterocycles. The standard InChI is InChI=1S/C15H22N2O5/c1-19-11-8-10(9-12(20-2)13(11)21-3)17-14(18)15(16)4-6-22-7-5-15/h8-9H,4-7,16H2,1-3H3,(H,17,18). The van der Waals surface area contributed by atoms with E-state index in [4.69, 9.17) is 24.7 Å². The number of hydrogen-bond acceptors (Lipinski definition) is 6. The first-order chi connectivity index (χ1) is 10.5. The fraction of sp³-hybridized carbons (Fsp3) is 0.533. The molecule has 0 unspecified atom stereocenters. The van der Waals surface area contributed by atoms with Crippen LogP contribution in [0.15, 0.2) is 12.1 Å². The van der Waals surface area contributed by atoms with Crippen molar-refractivity contribution in [3.63, 3.8) is 0 Å². The monoisotopic (exact) mass is 310 g/mol. The summed E-state index contributed by atoms with van der Waals surface area (Å²) in [4.78, 5) is 12.4. The van der Waals surface area contributed by atoms with Gasteiger partial charge in [-0.3, -0.25) is 4.79 Å². The number of rotatable bonds is 5. The number of nitrogens with one attached hydrogen (secondary N) is 1. The minimum absolute atomic E-state index is 0.245. The Bertz CT molecular complexity index is 516. The van der Waals surface area contributed by atoms with Gasteiger partial charge in [0.05, 0.1) is 21.3 Å². The van der Waals surface area contributed by atoms with Crippen LogP contribution in [0, 0.1) is 0 Å². The Morgan fingerprint density at radius 3 is 2.14 bits per heavy atom.